The summed E-state index contributed by atoms with van der Waals surface area (Å²) < 4.78 is 5.73. The van der Waals surface area contributed by atoms with Gasteiger partial charge in [0.05, 0.1) is 6.04 Å². The fourth-order valence-electron chi connectivity index (χ4n) is 5.96. The molecular weight excluding hydrogens is 418 g/mol. The fourth-order valence-corrected chi connectivity index (χ4v) is 5.96. The van der Waals surface area contributed by atoms with Gasteiger partial charge in [-0.15, -0.1) is 0 Å². The van der Waals surface area contributed by atoms with Crippen LogP contribution < -0.4 is 11.1 Å². The first-order chi connectivity index (χ1) is 15.3. The largest absolute Gasteiger partial charge is 0.458 e. The highest BCUT2D eigenvalue weighted by atomic mass is 16.6. The molecule has 7 heteroatoms. The number of carbonyl (C=O) groups is 3. The molecule has 5 unspecified atom stereocenters. The average Bonchev–Trinajstić information content (AvgIpc) is 3.30. The summed E-state index contributed by atoms with van der Waals surface area (Å²) in [6.07, 6.45) is 8.33. The van der Waals surface area contributed by atoms with Gasteiger partial charge in [0.2, 0.25) is 11.8 Å². The van der Waals surface area contributed by atoms with Crippen LogP contribution >= 0.6 is 0 Å². The molecule has 3 rings (SSSR count). The lowest BCUT2D eigenvalue weighted by atomic mass is 9.82. The molecule has 1 aliphatic heterocycles. The second-order valence-electron chi connectivity index (χ2n) is 12.6. The van der Waals surface area contributed by atoms with E-state index in [0.29, 0.717) is 12.5 Å². The molecule has 188 valence electrons. The monoisotopic (exact) mass is 463 g/mol. The lowest BCUT2D eigenvalue weighted by molar-refractivity contribution is -0.165. The molecule has 2 aliphatic carbocycles. The van der Waals surface area contributed by atoms with Crippen molar-refractivity contribution in [1.82, 2.24) is 10.2 Å². The third-order valence-corrected chi connectivity index (χ3v) is 7.68. The molecule has 7 nitrogen and oxygen atoms in total. The minimum absolute atomic E-state index is 0.129. The SMILES string of the molecule is CC(C)(C)OC(=O)C1C2CCCC2CN1C(=O)C(NC(=O)C(N)C1CCCCC1)C(C)(C)C. The molecule has 1 saturated heterocycles. The van der Waals surface area contributed by atoms with E-state index < -0.39 is 29.1 Å². The number of nitrogens with zero attached hydrogens (tertiary/aromatic N) is 1. The summed E-state index contributed by atoms with van der Waals surface area (Å²) in [5.74, 6) is -0.185. The van der Waals surface area contributed by atoms with E-state index in [1.807, 2.05) is 41.5 Å². The van der Waals surface area contributed by atoms with Gasteiger partial charge in [-0.3, -0.25) is 9.59 Å². The van der Waals surface area contributed by atoms with Crippen LogP contribution in [0.4, 0.5) is 0 Å². The van der Waals surface area contributed by atoms with Gasteiger partial charge in [-0.1, -0.05) is 46.5 Å². The van der Waals surface area contributed by atoms with Crippen molar-refractivity contribution in [3.05, 3.63) is 0 Å². The molecular formula is C26H45N3O4. The van der Waals surface area contributed by atoms with Crippen LogP contribution in [-0.4, -0.2) is 53.0 Å². The van der Waals surface area contributed by atoms with Gasteiger partial charge in [-0.05, 0) is 69.6 Å². The number of ether oxygens (including phenoxy) is 1. The molecule has 0 radical (unpaired) electrons. The van der Waals surface area contributed by atoms with Gasteiger partial charge >= 0.3 is 5.97 Å². The van der Waals surface area contributed by atoms with Gasteiger partial charge in [0.15, 0.2) is 0 Å². The minimum Gasteiger partial charge on any atom is -0.458 e. The molecule has 3 aliphatic rings. The average molecular weight is 464 g/mol. The van der Waals surface area contributed by atoms with Gasteiger partial charge < -0.3 is 20.7 Å². The second kappa shape index (κ2) is 9.93. The van der Waals surface area contributed by atoms with E-state index in [-0.39, 0.29) is 29.6 Å². The van der Waals surface area contributed by atoms with E-state index >= 15 is 0 Å². The summed E-state index contributed by atoms with van der Waals surface area (Å²) in [6, 6.07) is -1.94. The van der Waals surface area contributed by atoms with E-state index in [0.717, 1.165) is 44.9 Å². The van der Waals surface area contributed by atoms with Crippen LogP contribution in [0.1, 0.15) is 92.9 Å². The number of likely N-dealkylation sites (tertiary alicyclic amines) is 1. The highest BCUT2D eigenvalue weighted by molar-refractivity contribution is 5.93. The van der Waals surface area contributed by atoms with Crippen LogP contribution in [0.25, 0.3) is 0 Å². The number of fused-ring (bicyclic) bond motifs is 1. The number of hydrogen-bond donors (Lipinski definition) is 2. The molecule has 0 aromatic rings. The Morgan fingerprint density at radius 2 is 1.58 bits per heavy atom. The van der Waals surface area contributed by atoms with Crippen molar-refractivity contribution >= 4 is 17.8 Å². The summed E-state index contributed by atoms with van der Waals surface area (Å²) in [5.41, 5.74) is 5.21. The zero-order valence-corrected chi connectivity index (χ0v) is 21.5. The van der Waals surface area contributed by atoms with E-state index in [9.17, 15) is 14.4 Å². The van der Waals surface area contributed by atoms with Crippen LogP contribution in [0, 0.1) is 23.2 Å². The Bertz CT molecular complexity index is 733. The Hall–Kier alpha value is -1.63. The fraction of sp³-hybridized carbons (Fsp3) is 0.885. The van der Waals surface area contributed by atoms with Gasteiger partial charge in [0, 0.05) is 6.54 Å². The van der Waals surface area contributed by atoms with Crippen LogP contribution in [0.15, 0.2) is 0 Å². The Kier molecular flexibility index (Phi) is 7.82. The van der Waals surface area contributed by atoms with Crippen molar-refractivity contribution < 1.29 is 19.1 Å². The summed E-state index contributed by atoms with van der Waals surface area (Å²) in [5, 5.41) is 3.00. The van der Waals surface area contributed by atoms with Crippen molar-refractivity contribution in [2.45, 2.75) is 117 Å². The highest BCUT2D eigenvalue weighted by Gasteiger charge is 2.53. The number of esters is 1. The number of hydrogen-bond acceptors (Lipinski definition) is 5. The summed E-state index contributed by atoms with van der Waals surface area (Å²) in [4.78, 5) is 41.9. The number of carbonyl (C=O) groups excluding carboxylic acids is 3. The maximum Gasteiger partial charge on any atom is 0.329 e. The number of nitrogens with one attached hydrogen (secondary N) is 1. The maximum atomic E-state index is 13.9. The second-order valence-corrected chi connectivity index (χ2v) is 12.6. The van der Waals surface area contributed by atoms with E-state index in [1.165, 1.54) is 6.42 Å². The van der Waals surface area contributed by atoms with Crippen LogP contribution in [0.2, 0.25) is 0 Å². The van der Waals surface area contributed by atoms with Crippen molar-refractivity contribution in [1.29, 1.82) is 0 Å². The summed E-state index contributed by atoms with van der Waals surface area (Å²) >= 11 is 0. The zero-order valence-electron chi connectivity index (χ0n) is 21.5. The van der Waals surface area contributed by atoms with Gasteiger partial charge in [0.25, 0.3) is 0 Å². The van der Waals surface area contributed by atoms with Crippen molar-refractivity contribution in [2.75, 3.05) is 6.54 Å². The van der Waals surface area contributed by atoms with Crippen molar-refractivity contribution in [3.8, 4) is 0 Å². The molecule has 3 N–H and O–H groups in total. The Labute approximate surface area is 199 Å². The van der Waals surface area contributed by atoms with Crippen LogP contribution in [0.3, 0.4) is 0 Å². The first-order valence-electron chi connectivity index (χ1n) is 12.9. The molecule has 0 aromatic heterocycles. The third kappa shape index (κ3) is 6.09. The molecule has 2 saturated carbocycles. The first-order valence-corrected chi connectivity index (χ1v) is 12.9. The van der Waals surface area contributed by atoms with Crippen molar-refractivity contribution in [2.24, 2.45) is 28.9 Å². The highest BCUT2D eigenvalue weighted by Crippen LogP contribution is 2.43. The molecule has 0 aromatic carbocycles. The van der Waals surface area contributed by atoms with Crippen molar-refractivity contribution in [3.63, 3.8) is 0 Å². The standard InChI is InChI=1S/C26H45N3O4/c1-25(2,3)21(28-22(30)19(27)16-11-8-7-9-12-16)23(31)29-15-17-13-10-14-18(17)20(29)24(32)33-26(4,5)6/h16-21H,7-15,27H2,1-6H3,(H,28,30). The normalized spacial score (nSPS) is 28.2. The summed E-state index contributed by atoms with van der Waals surface area (Å²) in [6.45, 7) is 11.9. The number of rotatable bonds is 5. The molecule has 0 spiro atoms. The molecule has 33 heavy (non-hydrogen) atoms. The molecule has 0 bridgehead atoms. The van der Waals surface area contributed by atoms with E-state index in [1.54, 1.807) is 4.90 Å². The lowest BCUT2D eigenvalue weighted by Gasteiger charge is -2.37. The number of nitrogens with two attached hydrogens (primary N) is 1. The Morgan fingerprint density at radius 1 is 0.939 bits per heavy atom. The van der Waals surface area contributed by atoms with E-state index in [4.69, 9.17) is 10.5 Å². The van der Waals surface area contributed by atoms with Gasteiger partial charge in [-0.2, -0.15) is 0 Å². The van der Waals surface area contributed by atoms with Crippen LogP contribution in [-0.2, 0) is 19.1 Å². The van der Waals surface area contributed by atoms with Crippen LogP contribution in [0.5, 0.6) is 0 Å². The van der Waals surface area contributed by atoms with E-state index in [2.05, 4.69) is 5.32 Å². The molecule has 3 fully saturated rings. The predicted molar refractivity (Wildman–Crippen MR) is 128 cm³/mol. The smallest absolute Gasteiger partial charge is 0.329 e. The quantitative estimate of drug-likeness (QED) is 0.609. The van der Waals surface area contributed by atoms with Gasteiger partial charge in [0.1, 0.15) is 17.7 Å². The molecule has 5 atom stereocenters. The first kappa shape index (κ1) is 26.0. The summed E-state index contributed by atoms with van der Waals surface area (Å²) in [7, 11) is 0. The number of amides is 2. The van der Waals surface area contributed by atoms with Gasteiger partial charge in [-0.25, -0.2) is 4.79 Å². The maximum absolute atomic E-state index is 13.9. The molecule has 2 amide bonds. The minimum atomic E-state index is -0.747. The predicted octanol–water partition coefficient (Wildman–Crippen LogP) is 3.39. The molecule has 1 heterocycles. The zero-order chi connectivity index (χ0) is 24.6. The Balaban J connectivity index is 1.79. The lowest BCUT2D eigenvalue weighted by Crippen LogP contribution is -2.60. The topological polar surface area (TPSA) is 102 Å². The Morgan fingerprint density at radius 3 is 2.15 bits per heavy atom. The third-order valence-electron chi connectivity index (χ3n) is 7.68.